The average Bonchev–Trinajstić information content (AvgIpc) is 3.11. The first-order valence-corrected chi connectivity index (χ1v) is 10.9. The van der Waals surface area contributed by atoms with Gasteiger partial charge in [-0.1, -0.05) is 23.9 Å². The van der Waals surface area contributed by atoms with Gasteiger partial charge in [0.1, 0.15) is 12.4 Å². The minimum Gasteiger partial charge on any atom is -0.486 e. The zero-order valence-electron chi connectivity index (χ0n) is 17.9. The number of alkyl halides is 3. The summed E-state index contributed by atoms with van der Waals surface area (Å²) in [4.78, 5) is 12.3. The fourth-order valence-electron chi connectivity index (χ4n) is 3.13. The van der Waals surface area contributed by atoms with E-state index in [1.165, 1.54) is 23.9 Å². The molecule has 0 bridgehead atoms. The summed E-state index contributed by atoms with van der Waals surface area (Å²) < 4.78 is 45.9. The van der Waals surface area contributed by atoms with E-state index in [-0.39, 0.29) is 24.0 Å². The summed E-state index contributed by atoms with van der Waals surface area (Å²) in [5, 5.41) is 11.6. The predicted molar refractivity (Wildman–Crippen MR) is 117 cm³/mol. The lowest BCUT2D eigenvalue weighted by atomic mass is 10.1. The average molecular weight is 465 g/mol. The van der Waals surface area contributed by atoms with Crippen molar-refractivity contribution in [1.29, 1.82) is 0 Å². The number of carbonyl (C=O) groups excluding carboxylic acids is 1. The Morgan fingerprint density at radius 3 is 2.50 bits per heavy atom. The molecule has 2 aromatic carbocycles. The number of aromatic nitrogens is 3. The standard InChI is InChI=1S/C22H23F3N4O2S/c1-4-29-19(12-31-18-7-5-6-16(11-18)22(23,24)25)27-28-21(29)32-13-20(30)26-17-9-14(2)8-15(3)10-17/h5-11H,4,12-13H2,1-3H3,(H,26,30). The van der Waals surface area contributed by atoms with Gasteiger partial charge in [-0.2, -0.15) is 13.2 Å². The molecule has 1 aromatic heterocycles. The van der Waals surface area contributed by atoms with Crippen molar-refractivity contribution in [2.75, 3.05) is 11.1 Å². The van der Waals surface area contributed by atoms with E-state index in [0.717, 1.165) is 28.9 Å². The smallest absolute Gasteiger partial charge is 0.416 e. The van der Waals surface area contributed by atoms with Crippen LogP contribution in [0.4, 0.5) is 18.9 Å². The predicted octanol–water partition coefficient (Wildman–Crippen LogP) is 5.24. The maximum Gasteiger partial charge on any atom is 0.416 e. The van der Waals surface area contributed by atoms with Crippen LogP contribution in [0.5, 0.6) is 5.75 Å². The lowest BCUT2D eigenvalue weighted by Crippen LogP contribution is -2.15. The van der Waals surface area contributed by atoms with E-state index in [1.54, 1.807) is 4.57 Å². The number of thioether (sulfide) groups is 1. The molecule has 0 atom stereocenters. The summed E-state index contributed by atoms with van der Waals surface area (Å²) in [6.45, 7) is 6.29. The van der Waals surface area contributed by atoms with Crippen molar-refractivity contribution in [3.8, 4) is 5.75 Å². The highest BCUT2D eigenvalue weighted by Gasteiger charge is 2.30. The first-order chi connectivity index (χ1) is 15.2. The van der Waals surface area contributed by atoms with Gasteiger partial charge in [0, 0.05) is 12.2 Å². The largest absolute Gasteiger partial charge is 0.486 e. The van der Waals surface area contributed by atoms with Gasteiger partial charge in [0.25, 0.3) is 0 Å². The third-order valence-electron chi connectivity index (χ3n) is 4.48. The summed E-state index contributed by atoms with van der Waals surface area (Å²) in [5.74, 6) is 0.515. The third-order valence-corrected chi connectivity index (χ3v) is 5.44. The molecule has 0 aliphatic carbocycles. The van der Waals surface area contributed by atoms with Gasteiger partial charge in [-0.05, 0) is 62.2 Å². The van der Waals surface area contributed by atoms with Crippen LogP contribution in [0.3, 0.4) is 0 Å². The van der Waals surface area contributed by atoms with Crippen molar-refractivity contribution in [3.63, 3.8) is 0 Å². The second kappa shape index (κ2) is 10.1. The van der Waals surface area contributed by atoms with Gasteiger partial charge < -0.3 is 14.6 Å². The van der Waals surface area contributed by atoms with Gasteiger partial charge in [0.2, 0.25) is 5.91 Å². The number of benzene rings is 2. The van der Waals surface area contributed by atoms with E-state index < -0.39 is 11.7 Å². The molecule has 0 aliphatic heterocycles. The molecule has 0 aliphatic rings. The van der Waals surface area contributed by atoms with Gasteiger partial charge in [0.15, 0.2) is 11.0 Å². The fourth-order valence-corrected chi connectivity index (χ4v) is 3.96. The van der Waals surface area contributed by atoms with E-state index in [0.29, 0.717) is 17.5 Å². The number of halogens is 3. The molecule has 0 saturated heterocycles. The Hall–Kier alpha value is -3.01. The van der Waals surface area contributed by atoms with Crippen molar-refractivity contribution < 1.29 is 22.7 Å². The van der Waals surface area contributed by atoms with Crippen LogP contribution < -0.4 is 10.1 Å². The quantitative estimate of drug-likeness (QED) is 0.462. The summed E-state index contributed by atoms with van der Waals surface area (Å²) in [7, 11) is 0. The van der Waals surface area contributed by atoms with Crippen molar-refractivity contribution >= 4 is 23.4 Å². The van der Waals surface area contributed by atoms with E-state index in [4.69, 9.17) is 4.74 Å². The highest BCUT2D eigenvalue weighted by molar-refractivity contribution is 7.99. The number of amides is 1. The molecule has 10 heteroatoms. The highest BCUT2D eigenvalue weighted by atomic mass is 32.2. The Morgan fingerprint density at radius 2 is 1.84 bits per heavy atom. The van der Waals surface area contributed by atoms with Gasteiger partial charge >= 0.3 is 6.18 Å². The van der Waals surface area contributed by atoms with Crippen molar-refractivity contribution in [1.82, 2.24) is 14.8 Å². The molecular formula is C22H23F3N4O2S. The number of aryl methyl sites for hydroxylation is 2. The molecule has 170 valence electrons. The number of ether oxygens (including phenoxy) is 1. The van der Waals surface area contributed by atoms with Gasteiger partial charge in [-0.3, -0.25) is 4.79 Å². The van der Waals surface area contributed by atoms with Crippen LogP contribution in [0.2, 0.25) is 0 Å². The van der Waals surface area contributed by atoms with Crippen molar-refractivity contribution in [2.45, 2.75) is 45.3 Å². The zero-order valence-corrected chi connectivity index (χ0v) is 18.7. The third kappa shape index (κ3) is 6.25. The van der Waals surface area contributed by atoms with E-state index in [2.05, 4.69) is 15.5 Å². The Morgan fingerprint density at radius 1 is 1.12 bits per heavy atom. The molecule has 3 aromatic rings. The Kier molecular flexibility index (Phi) is 7.44. The van der Waals surface area contributed by atoms with E-state index in [1.807, 2.05) is 39.0 Å². The molecule has 0 saturated carbocycles. The van der Waals surface area contributed by atoms with E-state index in [9.17, 15) is 18.0 Å². The molecular weight excluding hydrogens is 441 g/mol. The summed E-state index contributed by atoms with van der Waals surface area (Å²) in [6, 6.07) is 10.5. The number of carbonyl (C=O) groups is 1. The van der Waals surface area contributed by atoms with Crippen molar-refractivity contribution in [3.05, 3.63) is 65.0 Å². The van der Waals surface area contributed by atoms with E-state index >= 15 is 0 Å². The Balaban J connectivity index is 1.60. The van der Waals surface area contributed by atoms with Crippen LogP contribution in [-0.4, -0.2) is 26.4 Å². The fraction of sp³-hybridized carbons (Fsp3) is 0.318. The maximum absolute atomic E-state index is 12.9. The second-order valence-electron chi connectivity index (χ2n) is 7.17. The topological polar surface area (TPSA) is 69.0 Å². The first kappa shape index (κ1) is 23.6. The van der Waals surface area contributed by atoms with Crippen LogP contribution in [0.25, 0.3) is 0 Å². The first-order valence-electron chi connectivity index (χ1n) is 9.88. The molecule has 0 radical (unpaired) electrons. The zero-order chi connectivity index (χ0) is 23.3. The van der Waals surface area contributed by atoms with Crippen LogP contribution >= 0.6 is 11.8 Å². The van der Waals surface area contributed by atoms with Gasteiger partial charge in [-0.25, -0.2) is 0 Å². The van der Waals surface area contributed by atoms with Gasteiger partial charge in [-0.15, -0.1) is 10.2 Å². The molecule has 6 nitrogen and oxygen atoms in total. The molecule has 0 unspecified atom stereocenters. The molecule has 0 spiro atoms. The lowest BCUT2D eigenvalue weighted by molar-refractivity contribution is -0.137. The van der Waals surface area contributed by atoms with Gasteiger partial charge in [0.05, 0.1) is 11.3 Å². The summed E-state index contributed by atoms with van der Waals surface area (Å²) in [6.07, 6.45) is -4.44. The van der Waals surface area contributed by atoms with Crippen molar-refractivity contribution in [2.24, 2.45) is 0 Å². The number of rotatable bonds is 8. The summed E-state index contributed by atoms with van der Waals surface area (Å²) >= 11 is 1.23. The molecule has 1 N–H and O–H groups in total. The summed E-state index contributed by atoms with van der Waals surface area (Å²) in [5.41, 5.74) is 2.08. The van der Waals surface area contributed by atoms with Crippen LogP contribution in [-0.2, 0) is 24.1 Å². The Labute approximate surface area is 188 Å². The maximum atomic E-state index is 12.9. The lowest BCUT2D eigenvalue weighted by Gasteiger charge is -2.11. The molecule has 1 heterocycles. The molecule has 0 fully saturated rings. The van der Waals surface area contributed by atoms with Crippen LogP contribution in [0, 0.1) is 13.8 Å². The van der Waals surface area contributed by atoms with Crippen LogP contribution in [0.15, 0.2) is 47.6 Å². The molecule has 1 amide bonds. The SMILES string of the molecule is CCn1c(COc2cccc(C(F)(F)F)c2)nnc1SCC(=O)Nc1cc(C)cc(C)c1. The highest BCUT2D eigenvalue weighted by Crippen LogP contribution is 2.31. The molecule has 32 heavy (non-hydrogen) atoms. The minimum atomic E-state index is -4.44. The minimum absolute atomic E-state index is 0.0442. The number of anilines is 1. The number of hydrogen-bond donors (Lipinski definition) is 1. The normalized spacial score (nSPS) is 11.4. The number of nitrogens with one attached hydrogen (secondary N) is 1. The second-order valence-corrected chi connectivity index (χ2v) is 8.11. The number of nitrogens with zero attached hydrogens (tertiary/aromatic N) is 3. The van der Waals surface area contributed by atoms with Crippen LogP contribution in [0.1, 0.15) is 29.4 Å². The number of hydrogen-bond acceptors (Lipinski definition) is 5. The molecule has 3 rings (SSSR count). The monoisotopic (exact) mass is 464 g/mol. The Bertz CT molecular complexity index is 1080.